The molecule has 0 aromatic heterocycles. The number of hydrogen-bond donors (Lipinski definition) is 3. The molecule has 1 heterocycles. The molecular formula is C34H61N4O4Si3. The molecule has 253 valence electrons. The molecule has 0 amide bonds. The number of methoxy groups -OCH3 is 1. The summed E-state index contributed by atoms with van der Waals surface area (Å²) in [5, 5.41) is 3.41. The first kappa shape index (κ1) is 39.1. The Hall–Kier alpha value is -2.08. The fourth-order valence-corrected chi connectivity index (χ4v) is 7.21. The fourth-order valence-electron chi connectivity index (χ4n) is 4.64. The molecule has 0 fully saturated rings. The molecular weight excluding hydrogens is 613 g/mol. The van der Waals surface area contributed by atoms with E-state index in [0.717, 1.165) is 16.9 Å². The molecule has 5 N–H and O–H groups in total. The molecule has 1 aliphatic rings. The minimum atomic E-state index is -2.11. The van der Waals surface area contributed by atoms with Gasteiger partial charge in [-0.05, 0) is 48.6 Å². The van der Waals surface area contributed by atoms with Gasteiger partial charge in [-0.15, -0.1) is 5.54 Å². The minimum absolute atomic E-state index is 0.0375. The standard InChI is InChI=1S/C34H61N4O4Si3/c1-23(2)25-20-27(39-9)24(17-18-44(12,13)14)19-28(25)41-29-21-37-34(36,38-31(29)35)26(22-40-45(15,16)33(6,7)8)30(32(3,4)5)42-43(10)11/h19-21,23,26,30,37H,22,36H2,1-16H3,(H2,35,38). The van der Waals surface area contributed by atoms with E-state index in [-0.39, 0.29) is 34.2 Å². The predicted octanol–water partition coefficient (Wildman–Crippen LogP) is 7.16. The van der Waals surface area contributed by atoms with Gasteiger partial charge >= 0.3 is 0 Å². The van der Waals surface area contributed by atoms with Crippen LogP contribution >= 0.6 is 0 Å². The average Bonchev–Trinajstić information content (AvgIpc) is 2.86. The molecule has 1 aliphatic heterocycles. The van der Waals surface area contributed by atoms with Gasteiger partial charge in [-0.2, -0.15) is 0 Å². The van der Waals surface area contributed by atoms with Crippen molar-refractivity contribution in [1.82, 2.24) is 5.32 Å². The number of aliphatic imine (C=N–C) groups is 1. The van der Waals surface area contributed by atoms with Crippen LogP contribution in [-0.2, 0) is 8.85 Å². The molecule has 3 atom stereocenters. The third-order valence-corrected chi connectivity index (χ3v) is 14.4. The second-order valence-electron chi connectivity index (χ2n) is 16.3. The highest BCUT2D eigenvalue weighted by atomic mass is 28.4. The Morgan fingerprint density at radius 2 is 1.62 bits per heavy atom. The van der Waals surface area contributed by atoms with E-state index in [9.17, 15) is 0 Å². The van der Waals surface area contributed by atoms with E-state index >= 15 is 0 Å². The highest BCUT2D eigenvalue weighted by Gasteiger charge is 2.49. The van der Waals surface area contributed by atoms with Crippen LogP contribution in [0.4, 0.5) is 0 Å². The summed E-state index contributed by atoms with van der Waals surface area (Å²) < 4.78 is 25.6. The Labute approximate surface area is 278 Å². The lowest BCUT2D eigenvalue weighted by atomic mass is 9.78. The van der Waals surface area contributed by atoms with Crippen molar-refractivity contribution in [2.24, 2.45) is 27.8 Å². The SMILES string of the molecule is COc1cc(C(C)C)c(OC2=CNC(N)(C(CO[Si](C)(C)C(C)(C)C)C(O[Si](C)C)C(C)(C)C)N=C2N)cc1C#C[Si](C)(C)C. The Morgan fingerprint density at radius 1 is 1.02 bits per heavy atom. The molecule has 1 aromatic carbocycles. The number of nitrogens with zero attached hydrogens (tertiary/aromatic N) is 1. The van der Waals surface area contributed by atoms with E-state index < -0.39 is 31.2 Å². The maximum Gasteiger partial charge on any atom is 0.205 e. The smallest absolute Gasteiger partial charge is 0.205 e. The average molecular weight is 674 g/mol. The van der Waals surface area contributed by atoms with Crippen molar-refractivity contribution in [2.45, 2.75) is 124 Å². The number of amidine groups is 1. The number of nitrogens with two attached hydrogens (primary N) is 2. The normalized spacial score (nSPS) is 19.3. The molecule has 0 bridgehead atoms. The lowest BCUT2D eigenvalue weighted by Gasteiger charge is -2.47. The number of nitrogens with one attached hydrogen (secondary N) is 1. The van der Waals surface area contributed by atoms with Crippen LogP contribution in [0.1, 0.15) is 72.4 Å². The lowest BCUT2D eigenvalue weighted by molar-refractivity contribution is -0.0285. The van der Waals surface area contributed by atoms with Gasteiger partial charge in [-0.1, -0.05) is 81.0 Å². The van der Waals surface area contributed by atoms with Crippen LogP contribution in [0.15, 0.2) is 29.1 Å². The van der Waals surface area contributed by atoms with Crippen LogP contribution < -0.4 is 26.3 Å². The maximum absolute atomic E-state index is 7.14. The fraction of sp³-hybridized carbons (Fsp3) is 0.676. The second kappa shape index (κ2) is 14.4. The molecule has 1 radical (unpaired) electrons. The molecule has 11 heteroatoms. The second-order valence-corrected chi connectivity index (χ2v) is 27.9. The van der Waals surface area contributed by atoms with Crippen molar-refractivity contribution < 1.29 is 18.3 Å². The Balaban J connectivity index is 2.58. The quantitative estimate of drug-likeness (QED) is 0.169. The minimum Gasteiger partial charge on any atom is -0.495 e. The predicted molar refractivity (Wildman–Crippen MR) is 196 cm³/mol. The largest absolute Gasteiger partial charge is 0.495 e. The van der Waals surface area contributed by atoms with E-state index in [0.29, 0.717) is 18.1 Å². The maximum atomic E-state index is 7.14. The van der Waals surface area contributed by atoms with Crippen LogP contribution in [0, 0.1) is 22.8 Å². The monoisotopic (exact) mass is 673 g/mol. The molecule has 0 saturated heterocycles. The summed E-state index contributed by atoms with van der Waals surface area (Å²) in [6.07, 6.45) is 1.49. The van der Waals surface area contributed by atoms with Gasteiger partial charge in [0, 0.05) is 24.4 Å². The van der Waals surface area contributed by atoms with Crippen molar-refractivity contribution in [2.75, 3.05) is 13.7 Å². The first-order valence-electron chi connectivity index (χ1n) is 16.0. The van der Waals surface area contributed by atoms with Gasteiger partial charge in [-0.25, -0.2) is 4.99 Å². The first-order chi connectivity index (χ1) is 20.3. The molecule has 3 unspecified atom stereocenters. The summed E-state index contributed by atoms with van der Waals surface area (Å²) in [4.78, 5) is 4.88. The Kier molecular flexibility index (Phi) is 12.5. The van der Waals surface area contributed by atoms with Crippen molar-refractivity contribution >= 4 is 31.3 Å². The summed E-state index contributed by atoms with van der Waals surface area (Å²) in [6, 6.07) is 3.94. The Bertz CT molecular complexity index is 1310. The summed E-state index contributed by atoms with van der Waals surface area (Å²) in [7, 11) is -3.14. The number of rotatable bonds is 11. The molecule has 8 nitrogen and oxygen atoms in total. The topological polar surface area (TPSA) is 113 Å². The van der Waals surface area contributed by atoms with Gasteiger partial charge in [0.2, 0.25) is 9.04 Å². The van der Waals surface area contributed by atoms with Crippen LogP contribution in [-0.4, -0.2) is 56.9 Å². The number of benzene rings is 1. The molecule has 45 heavy (non-hydrogen) atoms. The van der Waals surface area contributed by atoms with Gasteiger partial charge in [0.15, 0.2) is 25.7 Å². The summed E-state index contributed by atoms with van der Waals surface area (Å²) in [6.45, 7) is 33.2. The number of ether oxygens (including phenoxy) is 2. The summed E-state index contributed by atoms with van der Waals surface area (Å²) in [5.41, 5.74) is 18.8. The Morgan fingerprint density at radius 3 is 2.07 bits per heavy atom. The van der Waals surface area contributed by atoms with Crippen molar-refractivity contribution in [1.29, 1.82) is 0 Å². The van der Waals surface area contributed by atoms with E-state index in [4.69, 9.17) is 34.8 Å². The van der Waals surface area contributed by atoms with E-state index in [1.807, 2.05) is 12.1 Å². The molecule has 0 aliphatic carbocycles. The zero-order valence-electron chi connectivity index (χ0n) is 30.9. The highest BCUT2D eigenvalue weighted by Crippen LogP contribution is 2.40. The van der Waals surface area contributed by atoms with Crippen LogP contribution in [0.2, 0.25) is 50.9 Å². The first-order valence-corrected chi connectivity index (χ1v) is 24.8. The molecule has 2 rings (SSSR count). The third kappa shape index (κ3) is 10.5. The van der Waals surface area contributed by atoms with Crippen LogP contribution in [0.25, 0.3) is 0 Å². The zero-order valence-corrected chi connectivity index (χ0v) is 33.9. The molecule has 1 aromatic rings. The summed E-state index contributed by atoms with van der Waals surface area (Å²) >= 11 is 0. The van der Waals surface area contributed by atoms with Crippen molar-refractivity contribution in [3.8, 4) is 23.0 Å². The van der Waals surface area contributed by atoms with Gasteiger partial charge in [0.25, 0.3) is 0 Å². The van der Waals surface area contributed by atoms with Crippen molar-refractivity contribution in [3.63, 3.8) is 0 Å². The molecule has 0 saturated carbocycles. The molecule has 0 spiro atoms. The number of hydrogen-bond acceptors (Lipinski definition) is 8. The lowest BCUT2D eigenvalue weighted by Crippen LogP contribution is -2.65. The summed E-state index contributed by atoms with van der Waals surface area (Å²) in [5.74, 6) is 3.86. The van der Waals surface area contributed by atoms with Gasteiger partial charge in [0.05, 0.1) is 24.7 Å². The van der Waals surface area contributed by atoms with E-state index in [1.54, 1.807) is 13.3 Å². The van der Waals surface area contributed by atoms with Crippen molar-refractivity contribution in [3.05, 3.63) is 35.2 Å². The van der Waals surface area contributed by atoms with Gasteiger partial charge in [0.1, 0.15) is 19.6 Å². The van der Waals surface area contributed by atoms with Crippen LogP contribution in [0.3, 0.4) is 0 Å². The van der Waals surface area contributed by atoms with E-state index in [1.165, 1.54) is 0 Å². The van der Waals surface area contributed by atoms with Crippen LogP contribution in [0.5, 0.6) is 11.5 Å². The van der Waals surface area contributed by atoms with E-state index in [2.05, 4.69) is 118 Å². The zero-order chi connectivity index (χ0) is 34.8. The van der Waals surface area contributed by atoms with Gasteiger partial charge < -0.3 is 29.4 Å². The van der Waals surface area contributed by atoms with Gasteiger partial charge in [-0.3, -0.25) is 5.73 Å². The highest BCUT2D eigenvalue weighted by molar-refractivity contribution is 6.83. The third-order valence-electron chi connectivity index (χ3n) is 8.32.